The Labute approximate surface area is 185 Å². The second kappa shape index (κ2) is 20.9. The zero-order valence-electron chi connectivity index (χ0n) is 20.7. The molecule has 180 valence electrons. The third kappa shape index (κ3) is 22.9. The maximum Gasteiger partial charge on any atom is 0.0945 e. The maximum atomic E-state index is 9.41. The number of carboxylic acid groups (broad SMARTS) is 2. The second-order valence-electron chi connectivity index (χ2n) is 8.47. The van der Waals surface area contributed by atoms with Crippen molar-refractivity contribution >= 4 is 11.9 Å². The van der Waals surface area contributed by atoms with Crippen LogP contribution in [0.4, 0.5) is 0 Å². The minimum atomic E-state index is -1.55. The Morgan fingerprint density at radius 3 is 0.833 bits per heavy atom. The third-order valence-corrected chi connectivity index (χ3v) is 5.04. The number of rotatable bonds is 14. The van der Waals surface area contributed by atoms with Gasteiger partial charge in [0.2, 0.25) is 0 Å². The first-order chi connectivity index (χ1) is 14.0. The van der Waals surface area contributed by atoms with Gasteiger partial charge in [-0.3, -0.25) is 0 Å². The Morgan fingerprint density at radius 2 is 0.733 bits per heavy atom. The van der Waals surface area contributed by atoms with E-state index >= 15 is 0 Å². The number of carbonyl (C=O) groups excluding carboxylic acids is 2. The van der Waals surface area contributed by atoms with Crippen LogP contribution in [-0.2, 0) is 9.59 Å². The van der Waals surface area contributed by atoms with E-state index in [2.05, 4.69) is 53.0 Å². The van der Waals surface area contributed by atoms with Crippen molar-refractivity contribution in [1.82, 2.24) is 0 Å². The number of hydrogen-bond acceptors (Lipinski definition) is 4. The summed E-state index contributed by atoms with van der Waals surface area (Å²) < 4.78 is 0. The van der Waals surface area contributed by atoms with Crippen molar-refractivity contribution in [2.75, 3.05) is 0 Å². The van der Waals surface area contributed by atoms with Gasteiger partial charge in [-0.15, -0.1) is 0 Å². The molecule has 0 aliphatic rings. The molecule has 0 aliphatic carbocycles. The molecule has 6 heteroatoms. The Morgan fingerprint density at radius 1 is 0.567 bits per heavy atom. The van der Waals surface area contributed by atoms with Crippen molar-refractivity contribution in [3.05, 3.63) is 12.2 Å². The SMILES string of the molecule is CCCC([NH3+])(CCC)CCC.CCCC([NH3+])(CCC)CCC.O=C([O-])/C=C\C(=O)[O-]. The summed E-state index contributed by atoms with van der Waals surface area (Å²) in [4.78, 5) is 18.8. The molecule has 0 atom stereocenters. The van der Waals surface area contributed by atoms with E-state index in [9.17, 15) is 19.8 Å². The van der Waals surface area contributed by atoms with Crippen LogP contribution in [0.2, 0.25) is 0 Å². The molecule has 0 unspecified atom stereocenters. The van der Waals surface area contributed by atoms with Gasteiger partial charge in [-0.2, -0.15) is 0 Å². The van der Waals surface area contributed by atoms with E-state index in [0.717, 1.165) is 0 Å². The highest BCUT2D eigenvalue weighted by atomic mass is 16.4. The molecule has 0 fully saturated rings. The number of carbonyl (C=O) groups is 2. The standard InChI is InChI=1S/2C10H23N.C4H4O4/c2*1-4-7-10(11,8-5-2)9-6-3;5-3(6)1-2-4(7)8/h2*4-9,11H2,1-3H3;1-2H,(H,5,6)(H,7,8)/b;;2-1-. The van der Waals surface area contributed by atoms with Gasteiger partial charge in [0.1, 0.15) is 0 Å². The summed E-state index contributed by atoms with van der Waals surface area (Å²) in [6.07, 6.45) is 16.3. The molecular formula is C24H50N2O4. The number of aliphatic carboxylic acids is 2. The monoisotopic (exact) mass is 430 g/mol. The average molecular weight is 431 g/mol. The van der Waals surface area contributed by atoms with E-state index in [1.807, 2.05) is 0 Å². The first-order valence-corrected chi connectivity index (χ1v) is 11.8. The highest BCUT2D eigenvalue weighted by Gasteiger charge is 2.26. The molecule has 0 amide bonds. The van der Waals surface area contributed by atoms with Crippen molar-refractivity contribution < 1.29 is 31.3 Å². The summed E-state index contributed by atoms with van der Waals surface area (Å²) >= 11 is 0. The highest BCUT2D eigenvalue weighted by Crippen LogP contribution is 2.20. The lowest BCUT2D eigenvalue weighted by Gasteiger charge is -2.24. The molecule has 6 nitrogen and oxygen atoms in total. The van der Waals surface area contributed by atoms with E-state index in [0.29, 0.717) is 23.2 Å². The molecule has 0 aromatic rings. The van der Waals surface area contributed by atoms with Crippen molar-refractivity contribution in [2.45, 2.75) is 130 Å². The van der Waals surface area contributed by atoms with Crippen molar-refractivity contribution in [3.8, 4) is 0 Å². The largest absolute Gasteiger partial charge is 0.545 e. The normalized spacial score (nSPS) is 11.3. The van der Waals surface area contributed by atoms with Crippen molar-refractivity contribution in [2.24, 2.45) is 0 Å². The predicted molar refractivity (Wildman–Crippen MR) is 120 cm³/mol. The topological polar surface area (TPSA) is 136 Å². The number of quaternary nitrogens is 2. The lowest BCUT2D eigenvalue weighted by atomic mass is 9.86. The van der Waals surface area contributed by atoms with E-state index in [1.165, 1.54) is 77.0 Å². The summed E-state index contributed by atoms with van der Waals surface area (Å²) in [7, 11) is 0. The van der Waals surface area contributed by atoms with E-state index in [-0.39, 0.29) is 0 Å². The van der Waals surface area contributed by atoms with Gasteiger partial charge in [0.25, 0.3) is 0 Å². The minimum absolute atomic E-state index is 0.384. The van der Waals surface area contributed by atoms with Crippen LogP contribution < -0.4 is 21.7 Å². The molecule has 0 saturated carbocycles. The zero-order valence-corrected chi connectivity index (χ0v) is 20.7. The molecule has 30 heavy (non-hydrogen) atoms. The molecule has 0 radical (unpaired) electrons. The summed E-state index contributed by atoms with van der Waals surface area (Å²) in [5.74, 6) is -3.09. The van der Waals surface area contributed by atoms with Crippen molar-refractivity contribution in [3.63, 3.8) is 0 Å². The fraction of sp³-hybridized carbons (Fsp3) is 0.833. The molecular weight excluding hydrogens is 380 g/mol. The van der Waals surface area contributed by atoms with Gasteiger partial charge in [-0.1, -0.05) is 80.1 Å². The highest BCUT2D eigenvalue weighted by molar-refractivity contribution is 5.87. The second-order valence-corrected chi connectivity index (χ2v) is 8.47. The summed E-state index contributed by atoms with van der Waals surface area (Å²) in [6, 6.07) is 0. The Balaban J connectivity index is -0.000000370. The van der Waals surface area contributed by atoms with Crippen LogP contribution in [-0.4, -0.2) is 23.0 Å². The van der Waals surface area contributed by atoms with E-state index in [1.54, 1.807) is 0 Å². The van der Waals surface area contributed by atoms with Gasteiger partial charge in [-0.05, 0) is 12.2 Å². The Kier molecular flexibility index (Phi) is 23.1. The first-order valence-electron chi connectivity index (χ1n) is 11.8. The summed E-state index contributed by atoms with van der Waals surface area (Å²) in [6.45, 7) is 13.5. The third-order valence-electron chi connectivity index (χ3n) is 5.04. The van der Waals surface area contributed by atoms with Gasteiger partial charge in [0.05, 0.1) is 23.0 Å². The van der Waals surface area contributed by atoms with Gasteiger partial charge in [0.15, 0.2) is 0 Å². The average Bonchev–Trinajstić information content (AvgIpc) is 2.62. The van der Waals surface area contributed by atoms with Crippen LogP contribution in [0.5, 0.6) is 0 Å². The fourth-order valence-corrected chi connectivity index (χ4v) is 4.07. The minimum Gasteiger partial charge on any atom is -0.545 e. The number of carboxylic acids is 2. The molecule has 0 aromatic heterocycles. The molecule has 0 heterocycles. The lowest BCUT2D eigenvalue weighted by Crippen LogP contribution is -2.72. The Hall–Kier alpha value is -1.40. The molecule has 0 bridgehead atoms. The fourth-order valence-electron chi connectivity index (χ4n) is 4.07. The molecule has 0 saturated heterocycles. The van der Waals surface area contributed by atoms with E-state index < -0.39 is 11.9 Å². The molecule has 6 N–H and O–H groups in total. The predicted octanol–water partition coefficient (Wildman–Crippen LogP) is 1.78. The molecule has 0 spiro atoms. The van der Waals surface area contributed by atoms with Gasteiger partial charge in [0, 0.05) is 38.5 Å². The van der Waals surface area contributed by atoms with Crippen LogP contribution >= 0.6 is 0 Å². The van der Waals surface area contributed by atoms with Crippen LogP contribution in [0.25, 0.3) is 0 Å². The maximum absolute atomic E-state index is 9.41. The van der Waals surface area contributed by atoms with Crippen molar-refractivity contribution in [1.29, 1.82) is 0 Å². The zero-order chi connectivity index (χ0) is 24.1. The van der Waals surface area contributed by atoms with Crippen LogP contribution in [0.15, 0.2) is 12.2 Å². The molecule has 0 aromatic carbocycles. The molecule has 0 rings (SSSR count). The van der Waals surface area contributed by atoms with Gasteiger partial charge >= 0.3 is 0 Å². The first kappa shape index (κ1) is 33.2. The van der Waals surface area contributed by atoms with Crippen LogP contribution in [0, 0.1) is 0 Å². The smallest absolute Gasteiger partial charge is 0.0945 e. The lowest BCUT2D eigenvalue weighted by molar-refractivity contribution is -0.484. The quantitative estimate of drug-likeness (QED) is 0.406. The molecule has 0 aliphatic heterocycles. The summed E-state index contributed by atoms with van der Waals surface area (Å²) in [5, 5.41) is 18.8. The van der Waals surface area contributed by atoms with Gasteiger partial charge < -0.3 is 31.3 Å². The Bertz CT molecular complexity index is 376. The van der Waals surface area contributed by atoms with Crippen LogP contribution in [0.3, 0.4) is 0 Å². The van der Waals surface area contributed by atoms with Gasteiger partial charge in [-0.25, -0.2) is 0 Å². The van der Waals surface area contributed by atoms with Crippen LogP contribution in [0.1, 0.15) is 119 Å². The summed E-state index contributed by atoms with van der Waals surface area (Å²) in [5.41, 5.74) is 9.48. The van der Waals surface area contributed by atoms with E-state index in [4.69, 9.17) is 0 Å². The number of hydrogen-bond donors (Lipinski definition) is 2.